The standard InChI is InChI=1S/C21H24N8O2.2ClH/c22-16(12-15-6-2-1-3-7-15)21(31)28-11-5-9-19(28)20(30)24-13-17-18(8-4-10-23-17)29-14-25-26-27-29;;/h1-4,6-8,10,14,16,19H,5,9,11-13,22H2,(H,24,30);2*1H/t16-,19+;;/m1../s1. The van der Waals surface area contributed by atoms with Gasteiger partial charge >= 0.3 is 0 Å². The fraction of sp³-hybridized carbons (Fsp3) is 0.333. The van der Waals surface area contributed by atoms with Crippen molar-refractivity contribution in [2.24, 2.45) is 5.73 Å². The number of rotatable bonds is 7. The molecule has 4 rings (SSSR count). The summed E-state index contributed by atoms with van der Waals surface area (Å²) < 4.78 is 1.49. The average molecular weight is 493 g/mol. The van der Waals surface area contributed by atoms with Crippen LogP contribution in [-0.4, -0.2) is 60.5 Å². The van der Waals surface area contributed by atoms with E-state index in [1.54, 1.807) is 17.2 Å². The molecule has 1 aliphatic rings. The quantitative estimate of drug-likeness (QED) is 0.504. The molecule has 0 radical (unpaired) electrons. The molecule has 33 heavy (non-hydrogen) atoms. The Labute approximate surface area is 203 Å². The highest BCUT2D eigenvalue weighted by Crippen LogP contribution is 2.19. The van der Waals surface area contributed by atoms with Gasteiger partial charge < -0.3 is 16.0 Å². The van der Waals surface area contributed by atoms with Gasteiger partial charge in [0.25, 0.3) is 0 Å². The van der Waals surface area contributed by atoms with Crippen LogP contribution in [0.3, 0.4) is 0 Å². The lowest BCUT2D eigenvalue weighted by Gasteiger charge is -2.26. The maximum absolute atomic E-state index is 12.9. The van der Waals surface area contributed by atoms with Crippen LogP contribution >= 0.6 is 24.8 Å². The number of aromatic nitrogens is 5. The molecule has 1 aliphatic heterocycles. The van der Waals surface area contributed by atoms with Crippen molar-refractivity contribution in [3.8, 4) is 5.69 Å². The van der Waals surface area contributed by atoms with Crippen LogP contribution < -0.4 is 11.1 Å². The van der Waals surface area contributed by atoms with Crippen molar-refractivity contribution in [1.29, 1.82) is 0 Å². The van der Waals surface area contributed by atoms with Gasteiger partial charge in [-0.25, -0.2) is 0 Å². The Bertz CT molecular complexity index is 1040. The van der Waals surface area contributed by atoms with E-state index < -0.39 is 12.1 Å². The summed E-state index contributed by atoms with van der Waals surface area (Å²) in [5.41, 5.74) is 8.47. The molecule has 12 heteroatoms. The summed E-state index contributed by atoms with van der Waals surface area (Å²) >= 11 is 0. The number of benzene rings is 1. The van der Waals surface area contributed by atoms with Gasteiger partial charge in [-0.1, -0.05) is 30.3 Å². The number of halogens is 2. The van der Waals surface area contributed by atoms with E-state index >= 15 is 0 Å². The van der Waals surface area contributed by atoms with E-state index in [4.69, 9.17) is 5.73 Å². The second-order valence-corrected chi connectivity index (χ2v) is 7.43. The summed E-state index contributed by atoms with van der Waals surface area (Å²) in [6.07, 6.45) is 4.92. The molecule has 0 saturated carbocycles. The minimum Gasteiger partial charge on any atom is -0.349 e. The number of tetrazole rings is 1. The summed E-state index contributed by atoms with van der Waals surface area (Å²) in [7, 11) is 0. The first-order valence-electron chi connectivity index (χ1n) is 10.2. The van der Waals surface area contributed by atoms with Crippen molar-refractivity contribution in [2.45, 2.75) is 37.9 Å². The third-order valence-corrected chi connectivity index (χ3v) is 5.35. The van der Waals surface area contributed by atoms with Gasteiger partial charge in [0.1, 0.15) is 12.4 Å². The van der Waals surface area contributed by atoms with Crippen LogP contribution in [0.25, 0.3) is 5.69 Å². The number of amides is 2. The smallest absolute Gasteiger partial charge is 0.243 e. The average Bonchev–Trinajstić information content (AvgIpc) is 3.50. The summed E-state index contributed by atoms with van der Waals surface area (Å²) in [5, 5.41) is 14.0. The summed E-state index contributed by atoms with van der Waals surface area (Å²) in [6.45, 7) is 0.725. The van der Waals surface area contributed by atoms with Gasteiger partial charge in [-0.2, -0.15) is 4.68 Å². The van der Waals surface area contributed by atoms with Crippen LogP contribution in [0.5, 0.6) is 0 Å². The second kappa shape index (κ2) is 12.2. The number of carbonyl (C=O) groups is 2. The van der Waals surface area contributed by atoms with E-state index in [1.165, 1.54) is 11.0 Å². The van der Waals surface area contributed by atoms with Gasteiger partial charge in [0, 0.05) is 12.7 Å². The van der Waals surface area contributed by atoms with Gasteiger partial charge in [-0.3, -0.25) is 14.6 Å². The number of pyridine rings is 1. The number of likely N-dealkylation sites (tertiary alicyclic amines) is 1. The van der Waals surface area contributed by atoms with E-state index in [1.807, 2.05) is 36.4 Å². The second-order valence-electron chi connectivity index (χ2n) is 7.43. The zero-order chi connectivity index (χ0) is 21.6. The van der Waals surface area contributed by atoms with Crippen LogP contribution in [0.1, 0.15) is 24.1 Å². The molecule has 2 amide bonds. The van der Waals surface area contributed by atoms with Crippen molar-refractivity contribution < 1.29 is 9.59 Å². The minimum absolute atomic E-state index is 0. The maximum Gasteiger partial charge on any atom is 0.243 e. The molecule has 1 saturated heterocycles. The lowest BCUT2D eigenvalue weighted by molar-refractivity contribution is -0.139. The van der Waals surface area contributed by atoms with E-state index in [2.05, 4.69) is 25.8 Å². The Morgan fingerprint density at radius 1 is 1.15 bits per heavy atom. The first kappa shape index (κ1) is 26.2. The Morgan fingerprint density at radius 2 is 1.94 bits per heavy atom. The Kier molecular flexibility index (Phi) is 9.71. The molecule has 0 unspecified atom stereocenters. The molecule has 0 aliphatic carbocycles. The molecule has 0 spiro atoms. The molecular formula is C21H26Cl2N8O2. The molecule has 1 aromatic carbocycles. The Morgan fingerprint density at radius 3 is 2.67 bits per heavy atom. The Balaban J connectivity index is 0.00000193. The summed E-state index contributed by atoms with van der Waals surface area (Å²) in [6, 6.07) is 12.0. The fourth-order valence-corrected chi connectivity index (χ4v) is 3.81. The highest BCUT2D eigenvalue weighted by molar-refractivity contribution is 5.90. The molecule has 0 bridgehead atoms. The lowest BCUT2D eigenvalue weighted by atomic mass is 10.1. The zero-order valence-corrected chi connectivity index (χ0v) is 19.4. The van der Waals surface area contributed by atoms with E-state index in [0.717, 1.165) is 12.0 Å². The Hall–Kier alpha value is -3.08. The van der Waals surface area contributed by atoms with Crippen molar-refractivity contribution in [2.75, 3.05) is 6.54 Å². The maximum atomic E-state index is 12.9. The van der Waals surface area contributed by atoms with Crippen molar-refractivity contribution in [1.82, 2.24) is 35.4 Å². The third-order valence-electron chi connectivity index (χ3n) is 5.35. The summed E-state index contributed by atoms with van der Waals surface area (Å²) in [5.74, 6) is -0.417. The fourth-order valence-electron chi connectivity index (χ4n) is 3.81. The topological polar surface area (TPSA) is 132 Å². The number of nitrogens with one attached hydrogen (secondary N) is 1. The molecule has 3 aromatic rings. The van der Waals surface area contributed by atoms with E-state index in [9.17, 15) is 9.59 Å². The number of hydrogen-bond acceptors (Lipinski definition) is 7. The third kappa shape index (κ3) is 6.25. The molecule has 10 nitrogen and oxygen atoms in total. The van der Waals surface area contributed by atoms with Crippen LogP contribution in [-0.2, 0) is 22.6 Å². The van der Waals surface area contributed by atoms with E-state index in [-0.39, 0.29) is 43.2 Å². The molecule has 176 valence electrons. The largest absolute Gasteiger partial charge is 0.349 e. The SMILES string of the molecule is Cl.Cl.N[C@H](Cc1ccccc1)C(=O)N1CCC[C@H]1C(=O)NCc1ncccc1-n1cnnn1. The van der Waals surface area contributed by atoms with Gasteiger partial charge in [-0.05, 0) is 47.4 Å². The monoisotopic (exact) mass is 492 g/mol. The van der Waals surface area contributed by atoms with Gasteiger partial charge in [-0.15, -0.1) is 29.9 Å². The first-order chi connectivity index (χ1) is 15.1. The predicted molar refractivity (Wildman–Crippen MR) is 126 cm³/mol. The highest BCUT2D eigenvalue weighted by atomic mass is 35.5. The van der Waals surface area contributed by atoms with Gasteiger partial charge in [0.05, 0.1) is 24.0 Å². The van der Waals surface area contributed by atoms with Gasteiger partial charge in [0.2, 0.25) is 11.8 Å². The van der Waals surface area contributed by atoms with Crippen LogP contribution in [0.15, 0.2) is 55.0 Å². The van der Waals surface area contributed by atoms with Crippen molar-refractivity contribution in [3.05, 3.63) is 66.2 Å². The van der Waals surface area contributed by atoms with Crippen LogP contribution in [0.4, 0.5) is 0 Å². The first-order valence-corrected chi connectivity index (χ1v) is 10.2. The molecule has 3 N–H and O–H groups in total. The number of carbonyl (C=O) groups excluding carboxylic acids is 2. The van der Waals surface area contributed by atoms with Crippen molar-refractivity contribution in [3.63, 3.8) is 0 Å². The molecule has 2 aromatic heterocycles. The highest BCUT2D eigenvalue weighted by Gasteiger charge is 2.36. The van der Waals surface area contributed by atoms with E-state index in [0.29, 0.717) is 30.8 Å². The molecular weight excluding hydrogens is 467 g/mol. The van der Waals surface area contributed by atoms with Crippen molar-refractivity contribution >= 4 is 36.6 Å². The normalized spacial score (nSPS) is 15.8. The van der Waals surface area contributed by atoms with Crippen LogP contribution in [0.2, 0.25) is 0 Å². The molecule has 3 heterocycles. The predicted octanol–water partition coefficient (Wildman–Crippen LogP) is 1.08. The molecule has 2 atom stereocenters. The number of hydrogen-bond donors (Lipinski definition) is 2. The van der Waals surface area contributed by atoms with Gasteiger partial charge in [0.15, 0.2) is 0 Å². The summed E-state index contributed by atoms with van der Waals surface area (Å²) in [4.78, 5) is 31.8. The number of nitrogens with zero attached hydrogens (tertiary/aromatic N) is 6. The minimum atomic E-state index is -0.682. The molecule has 1 fully saturated rings. The zero-order valence-electron chi connectivity index (χ0n) is 17.8. The lowest BCUT2D eigenvalue weighted by Crippen LogP contribution is -2.51. The number of nitrogens with two attached hydrogens (primary N) is 1. The van der Waals surface area contributed by atoms with Crippen LogP contribution in [0, 0.1) is 0 Å².